The fourth-order valence-electron chi connectivity index (χ4n) is 1.41. The number of hydrogen-bond donors (Lipinski definition) is 1. The van der Waals surface area contributed by atoms with Gasteiger partial charge in [0, 0.05) is 24.5 Å². The molecular formula is C9H7BrN6. The van der Waals surface area contributed by atoms with Gasteiger partial charge in [-0.05, 0) is 15.9 Å². The summed E-state index contributed by atoms with van der Waals surface area (Å²) in [6.07, 6.45) is 5.29. The zero-order valence-electron chi connectivity index (χ0n) is 8.08. The molecule has 0 aliphatic rings. The number of hydrogen-bond acceptors (Lipinski definition) is 4. The summed E-state index contributed by atoms with van der Waals surface area (Å²) in [4.78, 5) is 4.38. The molecule has 0 unspecified atom stereocenters. The summed E-state index contributed by atoms with van der Waals surface area (Å²) < 4.78 is 4.06. The number of nitrogens with zero attached hydrogens (tertiary/aromatic N) is 5. The maximum absolute atomic E-state index is 5.65. The lowest BCUT2D eigenvalue weighted by atomic mass is 10.5. The van der Waals surface area contributed by atoms with Crippen LogP contribution in [0.3, 0.4) is 0 Å². The molecule has 0 saturated carbocycles. The van der Waals surface area contributed by atoms with E-state index in [0.29, 0.717) is 11.6 Å². The third-order valence-corrected chi connectivity index (χ3v) is 2.78. The molecule has 3 aromatic heterocycles. The second-order valence-electron chi connectivity index (χ2n) is 3.23. The van der Waals surface area contributed by atoms with Crippen LogP contribution in [0.5, 0.6) is 0 Å². The molecule has 0 fully saturated rings. The standard InChI is InChI=1S/C9H7BrN6/c10-6-5-16(14-9(6)11)8-2-4-15-7(13-8)1-3-12-15/h1-5H,(H2,11,14). The highest BCUT2D eigenvalue weighted by atomic mass is 79.9. The molecule has 16 heavy (non-hydrogen) atoms. The van der Waals surface area contributed by atoms with E-state index in [-0.39, 0.29) is 0 Å². The number of aromatic nitrogens is 5. The largest absolute Gasteiger partial charge is 0.381 e. The van der Waals surface area contributed by atoms with Crippen molar-refractivity contribution >= 4 is 27.4 Å². The van der Waals surface area contributed by atoms with Gasteiger partial charge >= 0.3 is 0 Å². The average molecular weight is 279 g/mol. The molecule has 2 N–H and O–H groups in total. The minimum atomic E-state index is 0.440. The second kappa shape index (κ2) is 3.31. The average Bonchev–Trinajstić information content (AvgIpc) is 2.85. The van der Waals surface area contributed by atoms with E-state index in [1.807, 2.05) is 18.3 Å². The van der Waals surface area contributed by atoms with Crippen molar-refractivity contribution in [3.05, 3.63) is 35.2 Å². The molecule has 3 aromatic rings. The summed E-state index contributed by atoms with van der Waals surface area (Å²) in [6.45, 7) is 0. The summed E-state index contributed by atoms with van der Waals surface area (Å²) in [6, 6.07) is 3.64. The summed E-state index contributed by atoms with van der Waals surface area (Å²) >= 11 is 3.30. The predicted octanol–water partition coefficient (Wildman–Crippen LogP) is 1.26. The van der Waals surface area contributed by atoms with E-state index in [0.717, 1.165) is 10.1 Å². The molecule has 0 aliphatic carbocycles. The van der Waals surface area contributed by atoms with Crippen molar-refractivity contribution in [1.82, 2.24) is 24.4 Å². The number of nitrogens with two attached hydrogens (primary N) is 1. The highest BCUT2D eigenvalue weighted by Gasteiger charge is 2.06. The van der Waals surface area contributed by atoms with E-state index < -0.39 is 0 Å². The van der Waals surface area contributed by atoms with E-state index in [2.05, 4.69) is 31.1 Å². The van der Waals surface area contributed by atoms with Gasteiger partial charge in [-0.1, -0.05) is 0 Å². The topological polar surface area (TPSA) is 74.0 Å². The first-order valence-electron chi connectivity index (χ1n) is 4.55. The Morgan fingerprint density at radius 1 is 1.31 bits per heavy atom. The van der Waals surface area contributed by atoms with Gasteiger partial charge in [0.2, 0.25) is 0 Å². The van der Waals surface area contributed by atoms with Gasteiger partial charge in [-0.3, -0.25) is 0 Å². The maximum atomic E-state index is 5.65. The molecule has 3 heterocycles. The van der Waals surface area contributed by atoms with Crippen molar-refractivity contribution < 1.29 is 0 Å². The van der Waals surface area contributed by atoms with Gasteiger partial charge in [0.25, 0.3) is 0 Å². The number of rotatable bonds is 1. The smallest absolute Gasteiger partial charge is 0.160 e. The number of fused-ring (bicyclic) bond motifs is 1. The fraction of sp³-hybridized carbons (Fsp3) is 0. The minimum absolute atomic E-state index is 0.440. The van der Waals surface area contributed by atoms with Crippen molar-refractivity contribution in [2.75, 3.05) is 5.73 Å². The van der Waals surface area contributed by atoms with Gasteiger partial charge in [-0.2, -0.15) is 5.10 Å². The molecule has 0 aromatic carbocycles. The highest BCUT2D eigenvalue weighted by molar-refractivity contribution is 9.10. The lowest BCUT2D eigenvalue weighted by Gasteiger charge is -1.99. The lowest BCUT2D eigenvalue weighted by molar-refractivity contribution is 0.836. The first-order chi connectivity index (χ1) is 7.74. The third-order valence-electron chi connectivity index (χ3n) is 2.17. The van der Waals surface area contributed by atoms with Gasteiger partial charge in [0.15, 0.2) is 17.3 Å². The molecule has 3 rings (SSSR count). The Kier molecular flexibility index (Phi) is 1.93. The summed E-state index contributed by atoms with van der Waals surface area (Å²) in [5, 5.41) is 8.19. The van der Waals surface area contributed by atoms with E-state index >= 15 is 0 Å². The van der Waals surface area contributed by atoms with Gasteiger partial charge in [-0.15, -0.1) is 5.10 Å². The lowest BCUT2D eigenvalue weighted by Crippen LogP contribution is -2.01. The molecule has 0 aliphatic heterocycles. The zero-order chi connectivity index (χ0) is 11.1. The monoisotopic (exact) mass is 278 g/mol. The van der Waals surface area contributed by atoms with Crippen LogP contribution in [0.4, 0.5) is 5.82 Å². The van der Waals surface area contributed by atoms with E-state index in [1.165, 1.54) is 0 Å². The van der Waals surface area contributed by atoms with Gasteiger partial charge in [0.1, 0.15) is 0 Å². The van der Waals surface area contributed by atoms with Crippen molar-refractivity contribution in [1.29, 1.82) is 0 Å². The maximum Gasteiger partial charge on any atom is 0.160 e. The summed E-state index contributed by atoms with van der Waals surface area (Å²) in [5.74, 6) is 1.14. The molecule has 0 spiro atoms. The quantitative estimate of drug-likeness (QED) is 0.727. The Morgan fingerprint density at radius 2 is 2.19 bits per heavy atom. The van der Waals surface area contributed by atoms with E-state index in [4.69, 9.17) is 5.73 Å². The Labute approximate surface area is 98.8 Å². The number of halogens is 1. The SMILES string of the molecule is Nc1nn(-c2ccn3nccc3n2)cc1Br. The predicted molar refractivity (Wildman–Crippen MR) is 62.2 cm³/mol. The van der Waals surface area contributed by atoms with Crippen LogP contribution in [-0.2, 0) is 0 Å². The fourth-order valence-corrected chi connectivity index (χ4v) is 1.69. The number of anilines is 1. The van der Waals surface area contributed by atoms with E-state index in [9.17, 15) is 0 Å². The highest BCUT2D eigenvalue weighted by Crippen LogP contribution is 2.18. The van der Waals surface area contributed by atoms with Crippen LogP contribution in [0.1, 0.15) is 0 Å². The van der Waals surface area contributed by atoms with Gasteiger partial charge in [0.05, 0.1) is 10.7 Å². The summed E-state index contributed by atoms with van der Waals surface area (Å²) in [7, 11) is 0. The van der Waals surface area contributed by atoms with Gasteiger partial charge < -0.3 is 5.73 Å². The molecule has 80 valence electrons. The van der Waals surface area contributed by atoms with Crippen LogP contribution in [0, 0.1) is 0 Å². The third kappa shape index (κ3) is 1.36. The molecule has 0 atom stereocenters. The van der Waals surface area contributed by atoms with Crippen LogP contribution in [0.25, 0.3) is 11.5 Å². The Morgan fingerprint density at radius 3 is 2.94 bits per heavy atom. The van der Waals surface area contributed by atoms with Crippen LogP contribution >= 0.6 is 15.9 Å². The van der Waals surface area contributed by atoms with Crippen molar-refractivity contribution in [3.8, 4) is 5.82 Å². The number of nitrogen functional groups attached to an aromatic ring is 1. The molecule has 0 amide bonds. The molecule has 0 saturated heterocycles. The van der Waals surface area contributed by atoms with Crippen LogP contribution < -0.4 is 5.73 Å². The van der Waals surface area contributed by atoms with Crippen molar-refractivity contribution in [2.45, 2.75) is 0 Å². The van der Waals surface area contributed by atoms with Crippen LogP contribution in [0.2, 0.25) is 0 Å². The van der Waals surface area contributed by atoms with Crippen LogP contribution in [0.15, 0.2) is 35.2 Å². The first-order valence-corrected chi connectivity index (χ1v) is 5.35. The van der Waals surface area contributed by atoms with E-state index in [1.54, 1.807) is 21.6 Å². The minimum Gasteiger partial charge on any atom is -0.381 e. The Bertz CT molecular complexity index is 635. The van der Waals surface area contributed by atoms with Crippen molar-refractivity contribution in [2.24, 2.45) is 0 Å². The van der Waals surface area contributed by atoms with Crippen LogP contribution in [-0.4, -0.2) is 24.4 Å². The molecule has 0 radical (unpaired) electrons. The van der Waals surface area contributed by atoms with Crippen molar-refractivity contribution in [3.63, 3.8) is 0 Å². The molecule has 6 nitrogen and oxygen atoms in total. The normalized spacial score (nSPS) is 11.1. The molecular weight excluding hydrogens is 272 g/mol. The molecule has 0 bridgehead atoms. The Hall–Kier alpha value is -1.89. The Balaban J connectivity index is 2.17. The first kappa shape index (κ1) is 9.34. The zero-order valence-corrected chi connectivity index (χ0v) is 9.66. The second-order valence-corrected chi connectivity index (χ2v) is 4.08. The molecule has 7 heteroatoms. The summed E-state index contributed by atoms with van der Waals surface area (Å²) in [5.41, 5.74) is 6.41. The van der Waals surface area contributed by atoms with Gasteiger partial charge in [-0.25, -0.2) is 14.2 Å².